The summed E-state index contributed by atoms with van der Waals surface area (Å²) < 4.78 is 33.8. The van der Waals surface area contributed by atoms with Crippen molar-refractivity contribution < 1.29 is 27.9 Å². The fourth-order valence-corrected chi connectivity index (χ4v) is 7.06. The maximum absolute atomic E-state index is 13.7. The highest BCUT2D eigenvalue weighted by molar-refractivity contribution is 7.99. The minimum Gasteiger partial charge on any atom is -0.497 e. The van der Waals surface area contributed by atoms with Crippen LogP contribution in [-0.2, 0) is 20.6 Å². The van der Waals surface area contributed by atoms with E-state index in [-0.39, 0.29) is 23.1 Å². The number of sulfonamides is 1. The first-order valence-corrected chi connectivity index (χ1v) is 13.7. The van der Waals surface area contributed by atoms with E-state index in [0.29, 0.717) is 10.8 Å². The molecule has 0 spiro atoms. The first-order valence-electron chi connectivity index (χ1n) is 11.2. The molecule has 2 atom stereocenters. The number of thioether (sulfide) groups is 1. The van der Waals surface area contributed by atoms with Crippen molar-refractivity contribution in [1.82, 2.24) is 14.7 Å². The minimum atomic E-state index is -4.03. The zero-order valence-corrected chi connectivity index (χ0v) is 21.5. The second kappa shape index (κ2) is 10.8. The maximum atomic E-state index is 13.7. The van der Waals surface area contributed by atoms with Gasteiger partial charge in [-0.05, 0) is 47.0 Å². The molecule has 2 N–H and O–H groups in total. The molecule has 1 fully saturated rings. The van der Waals surface area contributed by atoms with E-state index in [2.05, 4.69) is 5.43 Å². The lowest BCUT2D eigenvalue weighted by Crippen LogP contribution is -2.51. The summed E-state index contributed by atoms with van der Waals surface area (Å²) in [5.41, 5.74) is 3.32. The highest BCUT2D eigenvalue weighted by atomic mass is 32.2. The van der Waals surface area contributed by atoms with E-state index in [9.17, 15) is 18.0 Å². The maximum Gasteiger partial charge on any atom is 0.425 e. The predicted molar refractivity (Wildman–Crippen MR) is 138 cm³/mol. The van der Waals surface area contributed by atoms with Crippen LogP contribution in [0.5, 0.6) is 5.75 Å². The van der Waals surface area contributed by atoms with Gasteiger partial charge >= 0.3 is 6.09 Å². The molecule has 0 aliphatic carbocycles. The summed E-state index contributed by atoms with van der Waals surface area (Å²) in [6, 6.07) is 18.9. The lowest BCUT2D eigenvalue weighted by molar-refractivity contribution is -0.127. The number of hydrogen-bond donors (Lipinski definition) is 2. The van der Waals surface area contributed by atoms with E-state index >= 15 is 0 Å². The molecule has 190 valence electrons. The Bertz CT molecular complexity index is 1360. The standard InChI is InChI=1S/C25H27N3O6S2/c1-27(25(30)31)26-24(29)23-14-21(35-16-17-7-10-20(34-2)11-8-17)15-28(23)36(32,33)22-12-9-18-5-3-4-6-19(18)13-22/h3-13,21,23H,14-16H2,1-2H3,(H,26,29)(H,30,31). The van der Waals surface area contributed by atoms with Crippen molar-refractivity contribution in [2.75, 3.05) is 20.7 Å². The zero-order valence-electron chi connectivity index (χ0n) is 19.8. The number of hydrogen-bond acceptors (Lipinski definition) is 6. The summed E-state index contributed by atoms with van der Waals surface area (Å²) in [6.07, 6.45) is -1.09. The molecule has 0 saturated carbocycles. The molecule has 36 heavy (non-hydrogen) atoms. The topological polar surface area (TPSA) is 116 Å². The van der Waals surface area contributed by atoms with Gasteiger partial charge in [-0.25, -0.2) is 18.2 Å². The van der Waals surface area contributed by atoms with Crippen LogP contribution in [0.3, 0.4) is 0 Å². The van der Waals surface area contributed by atoms with Crippen LogP contribution in [0.15, 0.2) is 71.6 Å². The van der Waals surface area contributed by atoms with Crippen LogP contribution in [0.25, 0.3) is 10.8 Å². The minimum absolute atomic E-state index is 0.0893. The van der Waals surface area contributed by atoms with Gasteiger partial charge in [-0.1, -0.05) is 42.5 Å². The van der Waals surface area contributed by atoms with Gasteiger partial charge in [0.15, 0.2) is 0 Å². The van der Waals surface area contributed by atoms with E-state index in [0.717, 1.165) is 22.1 Å². The second-order valence-corrected chi connectivity index (χ2v) is 11.6. The summed E-state index contributed by atoms with van der Waals surface area (Å²) in [4.78, 5) is 24.3. The second-order valence-electron chi connectivity index (χ2n) is 8.43. The van der Waals surface area contributed by atoms with Crippen molar-refractivity contribution in [2.45, 2.75) is 28.4 Å². The van der Waals surface area contributed by atoms with Crippen molar-refractivity contribution in [1.29, 1.82) is 0 Å². The van der Waals surface area contributed by atoms with Gasteiger partial charge in [-0.15, -0.1) is 0 Å². The number of methoxy groups -OCH3 is 1. The van der Waals surface area contributed by atoms with Crippen LogP contribution in [0.1, 0.15) is 12.0 Å². The number of carboxylic acid groups (broad SMARTS) is 1. The monoisotopic (exact) mass is 529 g/mol. The van der Waals surface area contributed by atoms with Gasteiger partial charge in [0.05, 0.1) is 12.0 Å². The Balaban J connectivity index is 1.58. The molecule has 3 aromatic carbocycles. The van der Waals surface area contributed by atoms with E-state index in [1.807, 2.05) is 48.5 Å². The van der Waals surface area contributed by atoms with Crippen LogP contribution >= 0.6 is 11.8 Å². The van der Waals surface area contributed by atoms with E-state index in [1.54, 1.807) is 31.0 Å². The number of benzene rings is 3. The van der Waals surface area contributed by atoms with E-state index in [4.69, 9.17) is 9.84 Å². The van der Waals surface area contributed by atoms with E-state index in [1.165, 1.54) is 17.4 Å². The predicted octanol–water partition coefficient (Wildman–Crippen LogP) is 3.55. The molecule has 9 nitrogen and oxygen atoms in total. The fraction of sp³-hybridized carbons (Fsp3) is 0.280. The third-order valence-corrected chi connectivity index (χ3v) is 9.24. The summed E-state index contributed by atoms with van der Waals surface area (Å²) in [5, 5.41) is 11.3. The number of rotatable bonds is 7. The van der Waals surface area contributed by atoms with Gasteiger partial charge in [-0.3, -0.25) is 10.2 Å². The fourth-order valence-electron chi connectivity index (χ4n) is 4.08. The SMILES string of the molecule is COc1ccc(CSC2CC(C(=O)NN(C)C(=O)O)N(S(=O)(=O)c3ccc4ccccc4c3)C2)cc1. The van der Waals surface area contributed by atoms with Gasteiger partial charge in [0, 0.05) is 24.6 Å². The lowest BCUT2D eigenvalue weighted by Gasteiger charge is -2.25. The van der Waals surface area contributed by atoms with E-state index < -0.39 is 28.1 Å². The number of nitrogens with one attached hydrogen (secondary N) is 1. The molecular weight excluding hydrogens is 502 g/mol. The molecule has 1 aliphatic rings. The molecule has 0 bridgehead atoms. The molecule has 11 heteroatoms. The molecule has 0 radical (unpaired) electrons. The molecule has 2 unspecified atom stereocenters. The number of ether oxygens (including phenoxy) is 1. The zero-order chi connectivity index (χ0) is 25.9. The van der Waals surface area contributed by atoms with Gasteiger partial charge in [0.1, 0.15) is 11.8 Å². The molecule has 2 amide bonds. The number of fused-ring (bicyclic) bond motifs is 1. The molecular formula is C25H27N3O6S2. The van der Waals surface area contributed by atoms with Crippen LogP contribution in [-0.4, -0.2) is 66.8 Å². The number of carbonyl (C=O) groups excluding carboxylic acids is 1. The van der Waals surface area contributed by atoms with Gasteiger partial charge in [-0.2, -0.15) is 16.1 Å². The Hall–Kier alpha value is -3.28. The Morgan fingerprint density at radius 2 is 1.81 bits per heavy atom. The summed E-state index contributed by atoms with van der Waals surface area (Å²) in [6.45, 7) is 0.130. The lowest BCUT2D eigenvalue weighted by atomic mass is 10.1. The highest BCUT2D eigenvalue weighted by Gasteiger charge is 2.44. The molecule has 0 aromatic heterocycles. The summed E-state index contributed by atoms with van der Waals surface area (Å²) in [5.74, 6) is 0.690. The number of hydrazine groups is 1. The van der Waals surface area contributed by atoms with Crippen molar-refractivity contribution in [3.63, 3.8) is 0 Å². The Labute approximate surface area is 214 Å². The smallest absolute Gasteiger partial charge is 0.425 e. The third kappa shape index (κ3) is 5.58. The molecule has 1 aliphatic heterocycles. The highest BCUT2D eigenvalue weighted by Crippen LogP contribution is 2.35. The van der Waals surface area contributed by atoms with Crippen molar-refractivity contribution in [2.24, 2.45) is 0 Å². The number of nitrogens with zero attached hydrogens (tertiary/aromatic N) is 2. The summed E-state index contributed by atoms with van der Waals surface area (Å²) in [7, 11) is -1.24. The first-order chi connectivity index (χ1) is 17.2. The van der Waals surface area contributed by atoms with Crippen LogP contribution in [0, 0.1) is 0 Å². The third-order valence-electron chi connectivity index (χ3n) is 6.06. The first kappa shape index (κ1) is 25.8. The molecule has 3 aromatic rings. The Morgan fingerprint density at radius 3 is 2.47 bits per heavy atom. The van der Waals surface area contributed by atoms with Crippen molar-refractivity contribution >= 4 is 44.6 Å². The molecule has 4 rings (SSSR count). The van der Waals surface area contributed by atoms with Gasteiger partial charge < -0.3 is 9.84 Å². The van der Waals surface area contributed by atoms with Crippen LogP contribution < -0.4 is 10.2 Å². The van der Waals surface area contributed by atoms with Crippen molar-refractivity contribution in [3.8, 4) is 5.75 Å². The molecule has 1 heterocycles. The van der Waals surface area contributed by atoms with Crippen LogP contribution in [0.2, 0.25) is 0 Å². The molecule has 1 saturated heterocycles. The normalized spacial score (nSPS) is 18.2. The quantitative estimate of drug-likeness (QED) is 0.450. The van der Waals surface area contributed by atoms with Crippen LogP contribution in [0.4, 0.5) is 4.79 Å². The van der Waals surface area contributed by atoms with Gasteiger partial charge in [0.2, 0.25) is 10.0 Å². The van der Waals surface area contributed by atoms with Crippen molar-refractivity contribution in [3.05, 3.63) is 72.3 Å². The summed E-state index contributed by atoms with van der Waals surface area (Å²) >= 11 is 1.56. The number of carbonyl (C=O) groups is 2. The largest absolute Gasteiger partial charge is 0.497 e. The Kier molecular flexibility index (Phi) is 7.72. The number of amides is 2. The average Bonchev–Trinajstić information content (AvgIpc) is 3.33. The average molecular weight is 530 g/mol. The van der Waals surface area contributed by atoms with Gasteiger partial charge in [0.25, 0.3) is 5.91 Å². The Morgan fingerprint density at radius 1 is 1.11 bits per heavy atom.